The summed E-state index contributed by atoms with van der Waals surface area (Å²) in [5.74, 6) is -1.27. The quantitative estimate of drug-likeness (QED) is 0.660. The van der Waals surface area contributed by atoms with E-state index in [9.17, 15) is 18.0 Å². The standard InChI is InChI=1S/C14H26N2O6S/c1-4-5-11(2)14(19)15-6-7-22-12(8-15)9-16(10-13(17)18)23(3,20)21/h11-12H,4-10H2,1-3H3,(H,17,18)/t11-,12+/m0/s1. The fourth-order valence-corrected chi connectivity index (χ4v) is 3.38. The summed E-state index contributed by atoms with van der Waals surface area (Å²) in [5.41, 5.74) is 0. The molecule has 0 spiro atoms. The van der Waals surface area contributed by atoms with Crippen LogP contribution in [-0.2, 0) is 24.3 Å². The fraction of sp³-hybridized carbons (Fsp3) is 0.857. The molecule has 0 bridgehead atoms. The Kier molecular flexibility index (Phi) is 7.43. The Morgan fingerprint density at radius 3 is 2.61 bits per heavy atom. The van der Waals surface area contributed by atoms with Crippen LogP contribution in [0.1, 0.15) is 26.7 Å². The molecule has 0 aromatic heterocycles. The minimum atomic E-state index is -3.65. The van der Waals surface area contributed by atoms with Crippen LogP contribution in [0.25, 0.3) is 0 Å². The van der Waals surface area contributed by atoms with E-state index in [1.54, 1.807) is 4.90 Å². The summed E-state index contributed by atoms with van der Waals surface area (Å²) in [5, 5.41) is 8.84. The van der Waals surface area contributed by atoms with Crippen LogP contribution in [0.3, 0.4) is 0 Å². The Morgan fingerprint density at radius 2 is 2.09 bits per heavy atom. The van der Waals surface area contributed by atoms with Crippen molar-refractivity contribution in [3.05, 3.63) is 0 Å². The first kappa shape index (κ1) is 19.9. The number of aliphatic carboxylic acids is 1. The van der Waals surface area contributed by atoms with E-state index in [4.69, 9.17) is 9.84 Å². The van der Waals surface area contributed by atoms with Gasteiger partial charge in [-0.3, -0.25) is 9.59 Å². The van der Waals surface area contributed by atoms with Gasteiger partial charge in [0, 0.05) is 25.6 Å². The number of carboxylic acids is 1. The average Bonchev–Trinajstić information content (AvgIpc) is 2.45. The van der Waals surface area contributed by atoms with Gasteiger partial charge in [0.1, 0.15) is 6.54 Å². The minimum Gasteiger partial charge on any atom is -0.480 e. The number of ether oxygens (including phenoxy) is 1. The van der Waals surface area contributed by atoms with Crippen molar-refractivity contribution in [1.82, 2.24) is 9.21 Å². The number of morpholine rings is 1. The second kappa shape index (κ2) is 8.60. The second-order valence-corrected chi connectivity index (χ2v) is 7.90. The summed E-state index contributed by atoms with van der Waals surface area (Å²) in [6.45, 7) is 4.28. The predicted octanol–water partition coefficient (Wildman–Crippen LogP) is -0.00380. The van der Waals surface area contributed by atoms with Crippen LogP contribution < -0.4 is 0 Å². The van der Waals surface area contributed by atoms with E-state index in [1.807, 2.05) is 13.8 Å². The van der Waals surface area contributed by atoms with E-state index in [0.29, 0.717) is 13.2 Å². The van der Waals surface area contributed by atoms with Gasteiger partial charge >= 0.3 is 5.97 Å². The molecule has 1 rings (SSSR count). The first-order chi connectivity index (χ1) is 10.6. The van der Waals surface area contributed by atoms with Crippen LogP contribution >= 0.6 is 0 Å². The third-order valence-corrected chi connectivity index (χ3v) is 5.00. The molecule has 1 saturated heterocycles. The molecule has 1 fully saturated rings. The molecule has 0 saturated carbocycles. The zero-order valence-corrected chi connectivity index (χ0v) is 14.7. The van der Waals surface area contributed by atoms with Gasteiger partial charge in [0.05, 0.1) is 19.0 Å². The van der Waals surface area contributed by atoms with Gasteiger partial charge in [0.2, 0.25) is 15.9 Å². The summed E-state index contributed by atoms with van der Waals surface area (Å²) < 4.78 is 29.7. The van der Waals surface area contributed by atoms with Crippen LogP contribution in [-0.4, -0.2) is 79.8 Å². The van der Waals surface area contributed by atoms with Crippen molar-refractivity contribution in [2.24, 2.45) is 5.92 Å². The van der Waals surface area contributed by atoms with E-state index >= 15 is 0 Å². The van der Waals surface area contributed by atoms with Crippen molar-refractivity contribution in [1.29, 1.82) is 0 Å². The van der Waals surface area contributed by atoms with Gasteiger partial charge in [-0.15, -0.1) is 0 Å². The van der Waals surface area contributed by atoms with Crippen molar-refractivity contribution in [2.75, 3.05) is 39.0 Å². The van der Waals surface area contributed by atoms with Crippen LogP contribution in [0, 0.1) is 5.92 Å². The van der Waals surface area contributed by atoms with Crippen LogP contribution in [0.15, 0.2) is 0 Å². The third-order valence-electron chi connectivity index (χ3n) is 3.78. The lowest BCUT2D eigenvalue weighted by atomic mass is 10.0. The molecule has 2 atom stereocenters. The number of amides is 1. The summed E-state index contributed by atoms with van der Waals surface area (Å²) >= 11 is 0. The highest BCUT2D eigenvalue weighted by atomic mass is 32.2. The molecule has 0 aromatic rings. The Labute approximate surface area is 137 Å². The lowest BCUT2D eigenvalue weighted by Crippen LogP contribution is -2.52. The lowest BCUT2D eigenvalue weighted by molar-refractivity contribution is -0.144. The number of hydrogen-bond acceptors (Lipinski definition) is 5. The molecule has 134 valence electrons. The zero-order chi connectivity index (χ0) is 17.6. The van der Waals surface area contributed by atoms with Crippen LogP contribution in [0.2, 0.25) is 0 Å². The van der Waals surface area contributed by atoms with Gasteiger partial charge in [0.25, 0.3) is 0 Å². The molecule has 0 aliphatic carbocycles. The van der Waals surface area contributed by atoms with Crippen molar-refractivity contribution in [2.45, 2.75) is 32.8 Å². The summed E-state index contributed by atoms with van der Waals surface area (Å²) in [6, 6.07) is 0. The number of carbonyl (C=O) groups is 2. The van der Waals surface area contributed by atoms with Crippen LogP contribution in [0.5, 0.6) is 0 Å². The molecule has 23 heavy (non-hydrogen) atoms. The predicted molar refractivity (Wildman–Crippen MR) is 84.4 cm³/mol. The fourth-order valence-electron chi connectivity index (χ4n) is 2.59. The number of hydrogen-bond donors (Lipinski definition) is 1. The molecule has 1 heterocycles. The Morgan fingerprint density at radius 1 is 1.43 bits per heavy atom. The molecule has 9 heteroatoms. The maximum atomic E-state index is 12.3. The molecule has 0 unspecified atom stereocenters. The molecule has 0 radical (unpaired) electrons. The maximum Gasteiger partial charge on any atom is 0.318 e. The third kappa shape index (κ3) is 6.44. The highest BCUT2D eigenvalue weighted by molar-refractivity contribution is 7.88. The van der Waals surface area contributed by atoms with Gasteiger partial charge in [-0.25, -0.2) is 8.42 Å². The number of nitrogens with zero attached hydrogens (tertiary/aromatic N) is 2. The SMILES string of the molecule is CCC[C@H](C)C(=O)N1CCO[C@@H](CN(CC(=O)O)S(C)(=O)=O)C1. The molecule has 1 aliphatic rings. The highest BCUT2D eigenvalue weighted by Gasteiger charge is 2.30. The van der Waals surface area contributed by atoms with Gasteiger partial charge < -0.3 is 14.7 Å². The lowest BCUT2D eigenvalue weighted by Gasteiger charge is -2.36. The largest absolute Gasteiger partial charge is 0.480 e. The molecule has 1 N–H and O–H groups in total. The number of carboxylic acid groups (broad SMARTS) is 1. The Hall–Kier alpha value is -1.19. The van der Waals surface area contributed by atoms with Crippen molar-refractivity contribution >= 4 is 21.9 Å². The summed E-state index contributed by atoms with van der Waals surface area (Å²) in [4.78, 5) is 24.8. The normalized spacial score (nSPS) is 20.5. The number of rotatable bonds is 8. The Bertz CT molecular complexity index is 521. The molecule has 0 aromatic carbocycles. The van der Waals surface area contributed by atoms with Gasteiger partial charge in [-0.05, 0) is 6.42 Å². The monoisotopic (exact) mass is 350 g/mol. The molecular weight excluding hydrogens is 324 g/mol. The smallest absolute Gasteiger partial charge is 0.318 e. The number of carbonyl (C=O) groups excluding carboxylic acids is 1. The number of sulfonamides is 1. The van der Waals surface area contributed by atoms with Gasteiger partial charge in [-0.2, -0.15) is 4.31 Å². The second-order valence-electron chi connectivity index (χ2n) is 5.92. The highest BCUT2D eigenvalue weighted by Crippen LogP contribution is 2.15. The van der Waals surface area contributed by atoms with E-state index in [2.05, 4.69) is 0 Å². The van der Waals surface area contributed by atoms with Gasteiger partial charge in [0.15, 0.2) is 0 Å². The van der Waals surface area contributed by atoms with E-state index in [0.717, 1.165) is 23.4 Å². The van der Waals surface area contributed by atoms with Crippen molar-refractivity contribution in [3.63, 3.8) is 0 Å². The van der Waals surface area contributed by atoms with Crippen molar-refractivity contribution < 1.29 is 27.9 Å². The van der Waals surface area contributed by atoms with Gasteiger partial charge in [-0.1, -0.05) is 20.3 Å². The average molecular weight is 350 g/mol. The first-order valence-electron chi connectivity index (χ1n) is 7.72. The van der Waals surface area contributed by atoms with E-state index in [-0.39, 0.29) is 24.9 Å². The summed E-state index contributed by atoms with van der Waals surface area (Å²) in [7, 11) is -3.65. The minimum absolute atomic E-state index is 0.0318. The van der Waals surface area contributed by atoms with E-state index in [1.165, 1.54) is 0 Å². The van der Waals surface area contributed by atoms with E-state index < -0.39 is 28.6 Å². The molecule has 8 nitrogen and oxygen atoms in total. The van der Waals surface area contributed by atoms with Crippen molar-refractivity contribution in [3.8, 4) is 0 Å². The topological polar surface area (TPSA) is 104 Å². The first-order valence-corrected chi connectivity index (χ1v) is 9.57. The summed E-state index contributed by atoms with van der Waals surface area (Å²) in [6.07, 6.45) is 2.16. The maximum absolute atomic E-state index is 12.3. The molecule has 1 amide bonds. The zero-order valence-electron chi connectivity index (χ0n) is 13.9. The Balaban J connectivity index is 2.70. The molecule has 1 aliphatic heterocycles. The van der Waals surface area contributed by atoms with Crippen LogP contribution in [0.4, 0.5) is 0 Å². The molecular formula is C14H26N2O6S.